The Morgan fingerprint density at radius 3 is 2.75 bits per heavy atom. The van der Waals surface area contributed by atoms with Crippen LogP contribution in [0.4, 0.5) is 14.6 Å². The standard InChI is InChI=1S/C14H20F2N4/c1-10(2)17-8-11-14(19(3)9-12(15)16)18-13-6-4-5-7-20(11)13/h4-7,10,12,17H,8-9H2,1-3H3. The molecule has 0 amide bonds. The molecule has 2 aromatic rings. The molecule has 110 valence electrons. The second-order valence-electron chi connectivity index (χ2n) is 5.12. The highest BCUT2D eigenvalue weighted by Gasteiger charge is 2.18. The maximum absolute atomic E-state index is 12.6. The van der Waals surface area contributed by atoms with Crippen molar-refractivity contribution in [3.63, 3.8) is 0 Å². The summed E-state index contributed by atoms with van der Waals surface area (Å²) in [4.78, 5) is 5.97. The van der Waals surface area contributed by atoms with E-state index < -0.39 is 6.43 Å². The Kier molecular flexibility index (Phi) is 4.54. The molecule has 0 saturated carbocycles. The van der Waals surface area contributed by atoms with E-state index in [1.165, 1.54) is 4.90 Å². The van der Waals surface area contributed by atoms with Crippen molar-refractivity contribution in [1.82, 2.24) is 14.7 Å². The number of alkyl halides is 2. The molecule has 2 aromatic heterocycles. The number of nitrogens with zero attached hydrogens (tertiary/aromatic N) is 3. The Hall–Kier alpha value is -1.69. The molecule has 0 aliphatic carbocycles. The molecule has 20 heavy (non-hydrogen) atoms. The van der Waals surface area contributed by atoms with Gasteiger partial charge in [0.2, 0.25) is 0 Å². The van der Waals surface area contributed by atoms with Crippen LogP contribution in [0.15, 0.2) is 24.4 Å². The zero-order chi connectivity index (χ0) is 14.7. The van der Waals surface area contributed by atoms with Crippen LogP contribution in [0.1, 0.15) is 19.5 Å². The van der Waals surface area contributed by atoms with Crippen molar-refractivity contribution < 1.29 is 8.78 Å². The first-order valence-corrected chi connectivity index (χ1v) is 6.67. The summed E-state index contributed by atoms with van der Waals surface area (Å²) in [5.41, 5.74) is 1.67. The summed E-state index contributed by atoms with van der Waals surface area (Å²) in [6.45, 7) is 4.36. The minimum atomic E-state index is -2.38. The van der Waals surface area contributed by atoms with Gasteiger partial charge >= 0.3 is 0 Å². The number of nitrogens with one attached hydrogen (secondary N) is 1. The topological polar surface area (TPSA) is 32.6 Å². The number of pyridine rings is 1. The molecule has 1 N–H and O–H groups in total. The zero-order valence-electron chi connectivity index (χ0n) is 12.0. The average molecular weight is 282 g/mol. The summed E-state index contributed by atoms with van der Waals surface area (Å²) in [6, 6.07) is 5.99. The number of hydrogen-bond acceptors (Lipinski definition) is 3. The van der Waals surface area contributed by atoms with Gasteiger partial charge in [0.1, 0.15) is 5.65 Å². The second kappa shape index (κ2) is 6.17. The molecule has 0 aliphatic heterocycles. The summed E-state index contributed by atoms with van der Waals surface area (Å²) < 4.78 is 27.1. The van der Waals surface area contributed by atoms with E-state index >= 15 is 0 Å². The van der Waals surface area contributed by atoms with E-state index in [2.05, 4.69) is 10.3 Å². The van der Waals surface area contributed by atoms with Gasteiger partial charge in [-0.3, -0.25) is 0 Å². The number of imidazole rings is 1. The van der Waals surface area contributed by atoms with Crippen molar-refractivity contribution in [3.05, 3.63) is 30.1 Å². The van der Waals surface area contributed by atoms with Crippen molar-refractivity contribution in [2.45, 2.75) is 32.9 Å². The Morgan fingerprint density at radius 2 is 2.10 bits per heavy atom. The smallest absolute Gasteiger partial charge is 0.255 e. The monoisotopic (exact) mass is 282 g/mol. The minimum Gasteiger partial charge on any atom is -0.352 e. The largest absolute Gasteiger partial charge is 0.352 e. The number of rotatable bonds is 6. The van der Waals surface area contributed by atoms with Gasteiger partial charge in [0, 0.05) is 25.8 Å². The third-order valence-corrected chi connectivity index (χ3v) is 3.06. The summed E-state index contributed by atoms with van der Waals surface area (Å²) in [5, 5.41) is 3.31. The van der Waals surface area contributed by atoms with Crippen LogP contribution in [0.5, 0.6) is 0 Å². The molecule has 2 heterocycles. The lowest BCUT2D eigenvalue weighted by Crippen LogP contribution is -2.28. The van der Waals surface area contributed by atoms with E-state index in [1.54, 1.807) is 7.05 Å². The summed E-state index contributed by atoms with van der Waals surface area (Å²) >= 11 is 0. The van der Waals surface area contributed by atoms with Crippen LogP contribution in [0, 0.1) is 0 Å². The maximum atomic E-state index is 12.6. The van der Waals surface area contributed by atoms with Crippen molar-refractivity contribution >= 4 is 11.5 Å². The molecule has 0 aliphatic rings. The zero-order valence-corrected chi connectivity index (χ0v) is 12.0. The van der Waals surface area contributed by atoms with Crippen LogP contribution in [-0.4, -0.2) is 35.4 Å². The molecule has 0 aromatic carbocycles. The number of halogens is 2. The van der Waals surface area contributed by atoms with E-state index in [0.29, 0.717) is 18.4 Å². The lowest BCUT2D eigenvalue weighted by molar-refractivity contribution is 0.156. The first-order chi connectivity index (χ1) is 9.49. The molecular formula is C14H20F2N4. The molecule has 0 spiro atoms. The van der Waals surface area contributed by atoms with Crippen LogP contribution in [0.25, 0.3) is 5.65 Å². The molecule has 0 radical (unpaired) electrons. The van der Waals surface area contributed by atoms with Gasteiger partial charge in [0.05, 0.1) is 12.2 Å². The number of aromatic nitrogens is 2. The van der Waals surface area contributed by atoms with E-state index in [1.807, 2.05) is 42.6 Å². The van der Waals surface area contributed by atoms with Crippen molar-refractivity contribution in [2.75, 3.05) is 18.5 Å². The van der Waals surface area contributed by atoms with Gasteiger partial charge in [-0.1, -0.05) is 19.9 Å². The maximum Gasteiger partial charge on any atom is 0.255 e. The Labute approximate surface area is 117 Å². The normalized spacial score (nSPS) is 11.8. The Bertz CT molecular complexity index is 565. The first kappa shape index (κ1) is 14.7. The minimum absolute atomic E-state index is 0.317. The number of hydrogen-bond donors (Lipinski definition) is 1. The van der Waals surface area contributed by atoms with Gasteiger partial charge in [-0.2, -0.15) is 0 Å². The van der Waals surface area contributed by atoms with Crippen LogP contribution >= 0.6 is 0 Å². The lowest BCUT2D eigenvalue weighted by Gasteiger charge is -2.18. The van der Waals surface area contributed by atoms with Crippen LogP contribution in [0.2, 0.25) is 0 Å². The quantitative estimate of drug-likeness (QED) is 0.883. The van der Waals surface area contributed by atoms with E-state index in [4.69, 9.17) is 0 Å². The van der Waals surface area contributed by atoms with Gasteiger partial charge < -0.3 is 14.6 Å². The van der Waals surface area contributed by atoms with E-state index in [9.17, 15) is 8.78 Å². The van der Waals surface area contributed by atoms with Gasteiger partial charge in [0.15, 0.2) is 5.82 Å². The number of fused-ring (bicyclic) bond motifs is 1. The third kappa shape index (κ3) is 3.25. The fraction of sp³-hybridized carbons (Fsp3) is 0.500. The molecule has 0 unspecified atom stereocenters. The van der Waals surface area contributed by atoms with Gasteiger partial charge in [-0.05, 0) is 12.1 Å². The highest BCUT2D eigenvalue weighted by molar-refractivity contribution is 5.55. The molecule has 2 rings (SSSR count). The molecule has 4 nitrogen and oxygen atoms in total. The van der Waals surface area contributed by atoms with E-state index in [-0.39, 0.29) is 6.54 Å². The molecule has 0 atom stereocenters. The highest BCUT2D eigenvalue weighted by atomic mass is 19.3. The summed E-state index contributed by atoms with van der Waals surface area (Å²) in [7, 11) is 1.65. The molecule has 6 heteroatoms. The lowest BCUT2D eigenvalue weighted by atomic mass is 10.3. The predicted molar refractivity (Wildman–Crippen MR) is 76.4 cm³/mol. The molecular weight excluding hydrogens is 262 g/mol. The Balaban J connectivity index is 2.38. The van der Waals surface area contributed by atoms with Crippen molar-refractivity contribution in [3.8, 4) is 0 Å². The van der Waals surface area contributed by atoms with Crippen LogP contribution < -0.4 is 10.2 Å². The SMILES string of the molecule is CC(C)NCc1c(N(C)CC(F)F)nc2ccccn12. The molecule has 0 saturated heterocycles. The summed E-state index contributed by atoms with van der Waals surface area (Å²) in [6.07, 6.45) is -0.477. The number of anilines is 1. The van der Waals surface area contributed by atoms with Gasteiger partial charge in [-0.15, -0.1) is 0 Å². The van der Waals surface area contributed by atoms with Gasteiger partial charge in [0.25, 0.3) is 6.43 Å². The fourth-order valence-electron chi connectivity index (χ4n) is 2.10. The predicted octanol–water partition coefficient (Wildman–Crippen LogP) is 2.53. The van der Waals surface area contributed by atoms with E-state index in [0.717, 1.165) is 11.3 Å². The fourth-order valence-corrected chi connectivity index (χ4v) is 2.10. The van der Waals surface area contributed by atoms with Crippen LogP contribution in [-0.2, 0) is 6.54 Å². The molecule has 0 bridgehead atoms. The molecule has 0 fully saturated rings. The van der Waals surface area contributed by atoms with Crippen molar-refractivity contribution in [2.24, 2.45) is 0 Å². The first-order valence-electron chi connectivity index (χ1n) is 6.67. The Morgan fingerprint density at radius 1 is 1.35 bits per heavy atom. The highest BCUT2D eigenvalue weighted by Crippen LogP contribution is 2.21. The van der Waals surface area contributed by atoms with Gasteiger partial charge in [-0.25, -0.2) is 13.8 Å². The summed E-state index contributed by atoms with van der Waals surface area (Å²) in [5.74, 6) is 0.602. The second-order valence-corrected chi connectivity index (χ2v) is 5.12. The van der Waals surface area contributed by atoms with Crippen molar-refractivity contribution in [1.29, 1.82) is 0 Å². The average Bonchev–Trinajstić information content (AvgIpc) is 2.74. The third-order valence-electron chi connectivity index (χ3n) is 3.06. The van der Waals surface area contributed by atoms with Crippen LogP contribution in [0.3, 0.4) is 0 Å².